The summed E-state index contributed by atoms with van der Waals surface area (Å²) in [6, 6.07) is 20.9. The third-order valence-corrected chi connectivity index (χ3v) is 5.66. The van der Waals surface area contributed by atoms with Crippen LogP contribution in [0.2, 0.25) is 0 Å². The summed E-state index contributed by atoms with van der Waals surface area (Å²) < 4.78 is 28.3. The standard InChI is InChI=1S/C21H19N5O2S/c1-14-6-12-17(13-7-14)29(27,28)26-21-20(23-16-10-8-15(22)9-11-16)24-18-4-2-3-5-19(18)25-21/h2-13H,22H2,1H3,(H,23,24)(H,25,26). The van der Waals surface area contributed by atoms with E-state index < -0.39 is 10.0 Å². The summed E-state index contributed by atoms with van der Waals surface area (Å²) in [5.74, 6) is 0.408. The van der Waals surface area contributed by atoms with Crippen LogP contribution >= 0.6 is 0 Å². The molecule has 0 fully saturated rings. The lowest BCUT2D eigenvalue weighted by Gasteiger charge is -2.14. The van der Waals surface area contributed by atoms with E-state index in [9.17, 15) is 8.42 Å². The number of aryl methyl sites for hydroxylation is 1. The second kappa shape index (κ2) is 7.40. The number of hydrogen-bond acceptors (Lipinski definition) is 6. The molecule has 0 amide bonds. The van der Waals surface area contributed by atoms with Crippen LogP contribution in [0.1, 0.15) is 5.56 Å². The molecule has 0 radical (unpaired) electrons. The molecule has 7 nitrogen and oxygen atoms in total. The Hall–Kier alpha value is -3.65. The topological polar surface area (TPSA) is 110 Å². The maximum atomic E-state index is 12.9. The van der Waals surface area contributed by atoms with Gasteiger partial charge in [0.1, 0.15) is 0 Å². The number of para-hydroxylation sites is 2. The van der Waals surface area contributed by atoms with Gasteiger partial charge in [0.05, 0.1) is 15.9 Å². The van der Waals surface area contributed by atoms with E-state index in [1.54, 1.807) is 54.6 Å². The summed E-state index contributed by atoms with van der Waals surface area (Å²) in [7, 11) is -3.83. The zero-order valence-electron chi connectivity index (χ0n) is 15.6. The fourth-order valence-corrected chi connectivity index (χ4v) is 3.77. The lowest BCUT2D eigenvalue weighted by molar-refractivity contribution is 0.601. The number of rotatable bonds is 5. The molecule has 0 bridgehead atoms. The lowest BCUT2D eigenvalue weighted by atomic mass is 10.2. The smallest absolute Gasteiger partial charge is 0.263 e. The van der Waals surface area contributed by atoms with Crippen LogP contribution in [0.5, 0.6) is 0 Å². The first-order valence-electron chi connectivity index (χ1n) is 8.89. The number of benzene rings is 3. The molecule has 1 heterocycles. The number of fused-ring (bicyclic) bond motifs is 1. The summed E-state index contributed by atoms with van der Waals surface area (Å²) in [6.45, 7) is 1.90. The molecule has 0 spiro atoms. The first kappa shape index (κ1) is 18.7. The second-order valence-corrected chi connectivity index (χ2v) is 8.26. The van der Waals surface area contributed by atoms with Crippen molar-refractivity contribution in [2.75, 3.05) is 15.8 Å². The van der Waals surface area contributed by atoms with Crippen molar-refractivity contribution in [3.63, 3.8) is 0 Å². The van der Waals surface area contributed by atoms with E-state index in [4.69, 9.17) is 5.73 Å². The number of sulfonamides is 1. The molecule has 4 aromatic rings. The highest BCUT2D eigenvalue weighted by Crippen LogP contribution is 2.27. The molecule has 0 saturated heterocycles. The Morgan fingerprint density at radius 2 is 1.38 bits per heavy atom. The Labute approximate surface area is 168 Å². The predicted octanol–water partition coefficient (Wildman–Crippen LogP) is 4.06. The van der Waals surface area contributed by atoms with Gasteiger partial charge in [-0.05, 0) is 55.5 Å². The van der Waals surface area contributed by atoms with Crippen molar-refractivity contribution >= 4 is 44.1 Å². The van der Waals surface area contributed by atoms with Crippen molar-refractivity contribution < 1.29 is 8.42 Å². The van der Waals surface area contributed by atoms with Gasteiger partial charge in [-0.15, -0.1) is 0 Å². The van der Waals surface area contributed by atoms with Crippen molar-refractivity contribution in [2.24, 2.45) is 0 Å². The molecule has 3 aromatic carbocycles. The van der Waals surface area contributed by atoms with Crippen LogP contribution in [-0.4, -0.2) is 18.4 Å². The first-order valence-corrected chi connectivity index (χ1v) is 10.4. The molecule has 0 aliphatic carbocycles. The highest BCUT2D eigenvalue weighted by molar-refractivity contribution is 7.92. The maximum absolute atomic E-state index is 12.9. The van der Waals surface area contributed by atoms with Crippen molar-refractivity contribution in [3.05, 3.63) is 78.4 Å². The summed E-state index contributed by atoms with van der Waals surface area (Å²) in [5, 5.41) is 3.12. The number of nitrogens with one attached hydrogen (secondary N) is 2. The third-order valence-electron chi connectivity index (χ3n) is 4.31. The van der Waals surface area contributed by atoms with Gasteiger partial charge >= 0.3 is 0 Å². The van der Waals surface area contributed by atoms with Crippen LogP contribution < -0.4 is 15.8 Å². The van der Waals surface area contributed by atoms with E-state index in [-0.39, 0.29) is 10.7 Å². The molecule has 0 saturated carbocycles. The van der Waals surface area contributed by atoms with E-state index >= 15 is 0 Å². The van der Waals surface area contributed by atoms with Gasteiger partial charge in [-0.3, -0.25) is 4.72 Å². The van der Waals surface area contributed by atoms with E-state index in [1.807, 2.05) is 25.1 Å². The monoisotopic (exact) mass is 405 g/mol. The Bertz CT molecular complexity index is 1270. The predicted molar refractivity (Wildman–Crippen MR) is 116 cm³/mol. The van der Waals surface area contributed by atoms with Crippen molar-refractivity contribution in [2.45, 2.75) is 11.8 Å². The number of nitrogens with zero attached hydrogens (tertiary/aromatic N) is 2. The van der Waals surface area contributed by atoms with Crippen molar-refractivity contribution in [3.8, 4) is 0 Å². The van der Waals surface area contributed by atoms with Crippen LogP contribution in [-0.2, 0) is 10.0 Å². The van der Waals surface area contributed by atoms with Gasteiger partial charge < -0.3 is 11.1 Å². The molecular formula is C21H19N5O2S. The second-order valence-electron chi connectivity index (χ2n) is 6.58. The highest BCUT2D eigenvalue weighted by atomic mass is 32.2. The van der Waals surface area contributed by atoms with Crippen molar-refractivity contribution in [1.29, 1.82) is 0 Å². The molecule has 29 heavy (non-hydrogen) atoms. The minimum atomic E-state index is -3.83. The fraction of sp³-hybridized carbons (Fsp3) is 0.0476. The summed E-state index contributed by atoms with van der Waals surface area (Å²) >= 11 is 0. The summed E-state index contributed by atoms with van der Waals surface area (Å²) in [6.07, 6.45) is 0. The molecule has 8 heteroatoms. The summed E-state index contributed by atoms with van der Waals surface area (Å²) in [5.41, 5.74) is 9.26. The van der Waals surface area contributed by atoms with Crippen LogP contribution in [0.3, 0.4) is 0 Å². The number of aromatic nitrogens is 2. The number of nitrogen functional groups attached to an aromatic ring is 1. The van der Waals surface area contributed by atoms with Gasteiger partial charge in [-0.25, -0.2) is 18.4 Å². The van der Waals surface area contributed by atoms with Gasteiger partial charge in [0.15, 0.2) is 11.6 Å². The van der Waals surface area contributed by atoms with Gasteiger partial charge in [0.2, 0.25) is 0 Å². The van der Waals surface area contributed by atoms with E-state index in [0.717, 1.165) is 5.56 Å². The highest BCUT2D eigenvalue weighted by Gasteiger charge is 2.19. The molecule has 146 valence electrons. The number of hydrogen-bond donors (Lipinski definition) is 3. The Balaban J connectivity index is 1.77. The van der Waals surface area contributed by atoms with Crippen LogP contribution in [0.4, 0.5) is 23.0 Å². The Kier molecular flexibility index (Phi) is 4.77. The average molecular weight is 405 g/mol. The SMILES string of the molecule is Cc1ccc(S(=O)(=O)Nc2nc3ccccc3nc2Nc2ccc(N)cc2)cc1. The molecule has 0 atom stereocenters. The molecule has 4 N–H and O–H groups in total. The van der Waals surface area contributed by atoms with Gasteiger partial charge in [-0.2, -0.15) is 0 Å². The molecule has 0 unspecified atom stereocenters. The quantitative estimate of drug-likeness (QED) is 0.432. The zero-order valence-corrected chi connectivity index (χ0v) is 16.4. The number of nitrogens with two attached hydrogens (primary N) is 1. The fourth-order valence-electron chi connectivity index (χ4n) is 2.77. The van der Waals surface area contributed by atoms with Crippen molar-refractivity contribution in [1.82, 2.24) is 9.97 Å². The van der Waals surface area contributed by atoms with Gasteiger partial charge in [0, 0.05) is 11.4 Å². The molecule has 0 aliphatic rings. The van der Waals surface area contributed by atoms with Crippen LogP contribution in [0.15, 0.2) is 77.7 Å². The van der Waals surface area contributed by atoms with E-state index in [2.05, 4.69) is 20.0 Å². The molecular weight excluding hydrogens is 386 g/mol. The lowest BCUT2D eigenvalue weighted by Crippen LogP contribution is -2.16. The summed E-state index contributed by atoms with van der Waals surface area (Å²) in [4.78, 5) is 9.18. The average Bonchev–Trinajstić information content (AvgIpc) is 2.70. The Morgan fingerprint density at radius 3 is 2.00 bits per heavy atom. The zero-order chi connectivity index (χ0) is 20.4. The largest absolute Gasteiger partial charge is 0.399 e. The minimum Gasteiger partial charge on any atom is -0.399 e. The van der Waals surface area contributed by atoms with Crippen LogP contribution in [0.25, 0.3) is 11.0 Å². The van der Waals surface area contributed by atoms with E-state index in [0.29, 0.717) is 28.2 Å². The maximum Gasteiger partial charge on any atom is 0.263 e. The minimum absolute atomic E-state index is 0.112. The normalized spacial score (nSPS) is 11.3. The van der Waals surface area contributed by atoms with E-state index in [1.165, 1.54) is 0 Å². The number of anilines is 4. The molecule has 0 aliphatic heterocycles. The molecule has 1 aromatic heterocycles. The van der Waals surface area contributed by atoms with Gasteiger partial charge in [-0.1, -0.05) is 29.8 Å². The first-order chi connectivity index (χ1) is 13.9. The van der Waals surface area contributed by atoms with Crippen LogP contribution in [0, 0.1) is 6.92 Å². The Morgan fingerprint density at radius 1 is 0.793 bits per heavy atom. The molecule has 4 rings (SSSR count). The van der Waals surface area contributed by atoms with Gasteiger partial charge in [0.25, 0.3) is 10.0 Å². The third kappa shape index (κ3) is 4.12.